The molecule has 8 heteroatoms. The van der Waals surface area contributed by atoms with Gasteiger partial charge in [0.2, 0.25) is 0 Å². The summed E-state index contributed by atoms with van der Waals surface area (Å²) in [6.07, 6.45) is -1.15. The Balaban J connectivity index is 1.67. The van der Waals surface area contributed by atoms with Gasteiger partial charge in [-0.15, -0.1) is 0 Å². The van der Waals surface area contributed by atoms with Crippen LogP contribution in [0.25, 0.3) is 0 Å². The van der Waals surface area contributed by atoms with Gasteiger partial charge in [0, 0.05) is 11.8 Å². The number of amides is 1. The quantitative estimate of drug-likeness (QED) is 0.648. The molecule has 1 N–H and O–H groups in total. The lowest BCUT2D eigenvalue weighted by Crippen LogP contribution is -2.31. The minimum Gasteiger partial charge on any atom is -0.448 e. The molecule has 7 nitrogen and oxygen atoms in total. The fraction of sp³-hybridized carbons (Fsp3) is 0.143. The molecule has 0 spiro atoms. The highest BCUT2D eigenvalue weighted by molar-refractivity contribution is 5.96. The molecule has 0 fully saturated rings. The molecule has 0 unspecified atom stereocenters. The molecule has 3 rings (SSSR count). The van der Waals surface area contributed by atoms with E-state index < -0.39 is 23.8 Å². The molecule has 0 saturated heterocycles. The number of nitrogens with one attached hydrogen (secondary N) is 1. The van der Waals surface area contributed by atoms with E-state index in [9.17, 15) is 18.8 Å². The zero-order valence-electron chi connectivity index (χ0n) is 15.5. The summed E-state index contributed by atoms with van der Waals surface area (Å²) in [5.74, 6) is -1.98. The van der Waals surface area contributed by atoms with Crippen LogP contribution in [0.2, 0.25) is 0 Å². The van der Waals surface area contributed by atoms with Crippen molar-refractivity contribution in [3.05, 3.63) is 94.2 Å². The van der Waals surface area contributed by atoms with Crippen molar-refractivity contribution >= 4 is 17.6 Å². The number of nitrogens with zero attached hydrogens (tertiary/aromatic N) is 2. The molecule has 0 bridgehead atoms. The minimum atomic E-state index is -1.15. The second-order valence-corrected chi connectivity index (χ2v) is 6.25. The van der Waals surface area contributed by atoms with Gasteiger partial charge in [0.05, 0.1) is 6.54 Å². The van der Waals surface area contributed by atoms with Gasteiger partial charge < -0.3 is 10.1 Å². The first-order valence-electron chi connectivity index (χ1n) is 8.82. The number of anilines is 1. The summed E-state index contributed by atoms with van der Waals surface area (Å²) in [6.45, 7) is 1.57. The minimum absolute atomic E-state index is 0.106. The lowest BCUT2D eigenvalue weighted by atomic mass is 10.2. The van der Waals surface area contributed by atoms with Gasteiger partial charge >= 0.3 is 5.97 Å². The van der Waals surface area contributed by atoms with Crippen molar-refractivity contribution < 1.29 is 18.7 Å². The predicted molar refractivity (Wildman–Crippen MR) is 104 cm³/mol. The van der Waals surface area contributed by atoms with Gasteiger partial charge in [-0.05, 0) is 36.8 Å². The smallest absolute Gasteiger partial charge is 0.359 e. The van der Waals surface area contributed by atoms with E-state index in [0.29, 0.717) is 0 Å². The Morgan fingerprint density at radius 3 is 2.59 bits per heavy atom. The summed E-state index contributed by atoms with van der Waals surface area (Å²) < 4.78 is 19.5. The summed E-state index contributed by atoms with van der Waals surface area (Å²) in [5.41, 5.74) is 0.608. The molecule has 3 aromatic rings. The van der Waals surface area contributed by atoms with Crippen LogP contribution in [0, 0.1) is 5.82 Å². The van der Waals surface area contributed by atoms with Crippen molar-refractivity contribution in [2.75, 3.05) is 5.32 Å². The van der Waals surface area contributed by atoms with Crippen LogP contribution in [-0.2, 0) is 16.1 Å². The van der Waals surface area contributed by atoms with Crippen molar-refractivity contribution in [2.45, 2.75) is 19.6 Å². The molecule has 148 valence electrons. The van der Waals surface area contributed by atoms with Crippen LogP contribution in [-0.4, -0.2) is 27.8 Å². The number of carbonyl (C=O) groups is 2. The van der Waals surface area contributed by atoms with Gasteiger partial charge in [-0.1, -0.05) is 36.4 Å². The van der Waals surface area contributed by atoms with E-state index in [-0.39, 0.29) is 23.5 Å². The van der Waals surface area contributed by atoms with Crippen molar-refractivity contribution in [1.29, 1.82) is 0 Å². The number of halogens is 1. The molecule has 1 aromatic heterocycles. The van der Waals surface area contributed by atoms with Crippen LogP contribution in [0.15, 0.2) is 71.5 Å². The maximum Gasteiger partial charge on any atom is 0.359 e. The normalized spacial score (nSPS) is 11.5. The Bertz CT molecular complexity index is 1080. The van der Waals surface area contributed by atoms with Gasteiger partial charge in [-0.2, -0.15) is 5.10 Å². The highest BCUT2D eigenvalue weighted by Crippen LogP contribution is 2.10. The third-order valence-corrected chi connectivity index (χ3v) is 4.00. The van der Waals surface area contributed by atoms with Crippen molar-refractivity contribution in [3.8, 4) is 0 Å². The van der Waals surface area contributed by atoms with E-state index >= 15 is 0 Å². The summed E-state index contributed by atoms with van der Waals surface area (Å²) in [5, 5.41) is 6.48. The lowest BCUT2D eigenvalue weighted by Gasteiger charge is -2.14. The van der Waals surface area contributed by atoms with E-state index in [1.165, 1.54) is 37.3 Å². The second-order valence-electron chi connectivity index (χ2n) is 6.25. The maximum atomic E-state index is 13.2. The van der Waals surface area contributed by atoms with Gasteiger partial charge in [0.25, 0.3) is 11.5 Å². The largest absolute Gasteiger partial charge is 0.448 e. The summed E-state index contributed by atoms with van der Waals surface area (Å²) in [4.78, 5) is 36.5. The fourth-order valence-corrected chi connectivity index (χ4v) is 2.51. The Kier molecular flexibility index (Phi) is 6.13. The molecule has 0 aliphatic carbocycles. The average molecular weight is 395 g/mol. The second kappa shape index (κ2) is 8.92. The molecule has 1 heterocycles. The summed E-state index contributed by atoms with van der Waals surface area (Å²) in [6, 6.07) is 17.0. The van der Waals surface area contributed by atoms with E-state index in [1.807, 2.05) is 30.3 Å². The average Bonchev–Trinajstić information content (AvgIpc) is 2.70. The molecule has 0 aliphatic heterocycles. The maximum absolute atomic E-state index is 13.2. The van der Waals surface area contributed by atoms with Crippen LogP contribution in [0.3, 0.4) is 0 Å². The van der Waals surface area contributed by atoms with Crippen LogP contribution in [0.5, 0.6) is 0 Å². The van der Waals surface area contributed by atoms with E-state index in [0.717, 1.165) is 16.3 Å². The van der Waals surface area contributed by atoms with Crippen molar-refractivity contribution in [1.82, 2.24) is 9.78 Å². The summed E-state index contributed by atoms with van der Waals surface area (Å²) >= 11 is 0. The number of benzene rings is 2. The SMILES string of the molecule is C[C@@H](OC(=O)c1ccc(=O)n(Cc2ccccc2)n1)C(=O)Nc1cccc(F)c1. The van der Waals surface area contributed by atoms with E-state index in [4.69, 9.17) is 4.74 Å². The van der Waals surface area contributed by atoms with Gasteiger partial charge in [-0.3, -0.25) is 9.59 Å². The number of rotatable bonds is 6. The van der Waals surface area contributed by atoms with Gasteiger partial charge in [0.15, 0.2) is 11.8 Å². The van der Waals surface area contributed by atoms with Gasteiger partial charge in [-0.25, -0.2) is 13.9 Å². The van der Waals surface area contributed by atoms with Crippen LogP contribution >= 0.6 is 0 Å². The lowest BCUT2D eigenvalue weighted by molar-refractivity contribution is -0.123. The zero-order chi connectivity index (χ0) is 20.8. The first kappa shape index (κ1) is 19.9. The number of esters is 1. The summed E-state index contributed by atoms with van der Waals surface area (Å²) in [7, 11) is 0. The highest BCUT2D eigenvalue weighted by atomic mass is 19.1. The van der Waals surface area contributed by atoms with Crippen molar-refractivity contribution in [2.24, 2.45) is 0 Å². The van der Waals surface area contributed by atoms with E-state index in [1.54, 1.807) is 0 Å². The number of ether oxygens (including phenoxy) is 1. The third kappa shape index (κ3) is 5.35. The first-order chi connectivity index (χ1) is 13.9. The predicted octanol–water partition coefficient (Wildman–Crippen LogP) is 2.61. The third-order valence-electron chi connectivity index (χ3n) is 4.00. The number of hydrogen-bond donors (Lipinski definition) is 1. The van der Waals surface area contributed by atoms with E-state index in [2.05, 4.69) is 10.4 Å². The Morgan fingerprint density at radius 2 is 1.86 bits per heavy atom. The Morgan fingerprint density at radius 1 is 1.10 bits per heavy atom. The first-order valence-corrected chi connectivity index (χ1v) is 8.82. The Labute approximate surface area is 165 Å². The molecule has 0 saturated carbocycles. The topological polar surface area (TPSA) is 90.3 Å². The number of aromatic nitrogens is 2. The number of hydrogen-bond acceptors (Lipinski definition) is 5. The van der Waals surface area contributed by atoms with Crippen molar-refractivity contribution in [3.63, 3.8) is 0 Å². The molecule has 1 atom stereocenters. The van der Waals surface area contributed by atoms with Crippen LogP contribution < -0.4 is 10.9 Å². The molecular formula is C21H18FN3O4. The van der Waals surface area contributed by atoms with Crippen LogP contribution in [0.4, 0.5) is 10.1 Å². The molecular weight excluding hydrogens is 377 g/mol. The Hall–Kier alpha value is -3.81. The molecule has 0 aliphatic rings. The molecule has 29 heavy (non-hydrogen) atoms. The molecule has 0 radical (unpaired) electrons. The monoisotopic (exact) mass is 395 g/mol. The molecule has 1 amide bonds. The number of carbonyl (C=O) groups excluding carboxylic acids is 2. The molecule has 2 aromatic carbocycles. The fourth-order valence-electron chi connectivity index (χ4n) is 2.51. The van der Waals surface area contributed by atoms with Crippen LogP contribution in [0.1, 0.15) is 23.0 Å². The zero-order valence-corrected chi connectivity index (χ0v) is 15.5. The standard InChI is InChI=1S/C21H18FN3O4/c1-14(20(27)23-17-9-5-8-16(22)12-17)29-21(28)18-10-11-19(26)25(24-18)13-15-6-3-2-4-7-15/h2-12,14H,13H2,1H3,(H,23,27)/t14-/m1/s1. The van der Waals surface area contributed by atoms with Gasteiger partial charge in [0.1, 0.15) is 5.82 Å². The highest BCUT2D eigenvalue weighted by Gasteiger charge is 2.20.